The first-order valence-electron chi connectivity index (χ1n) is 9.52. The Morgan fingerprint density at radius 1 is 1.28 bits per heavy atom. The second-order valence-electron chi connectivity index (χ2n) is 7.38. The molecule has 2 aromatic rings. The molecule has 3 rings (SSSR count). The minimum atomic E-state index is -1.38. The van der Waals surface area contributed by atoms with Crippen molar-refractivity contribution in [3.63, 3.8) is 0 Å². The lowest BCUT2D eigenvalue weighted by molar-refractivity contribution is -0.0552. The Hall–Kier alpha value is -2.30. The van der Waals surface area contributed by atoms with Gasteiger partial charge in [0, 0.05) is 18.4 Å². The molecule has 0 amide bonds. The number of hydrogen-bond acceptors (Lipinski definition) is 8. The Morgan fingerprint density at radius 3 is 2.66 bits per heavy atom. The highest BCUT2D eigenvalue weighted by molar-refractivity contribution is 5.36. The van der Waals surface area contributed by atoms with Gasteiger partial charge in [-0.3, -0.25) is 4.57 Å². The Morgan fingerprint density at radius 2 is 2.00 bits per heavy atom. The van der Waals surface area contributed by atoms with E-state index in [1.54, 1.807) is 0 Å². The van der Waals surface area contributed by atoms with E-state index in [-0.39, 0.29) is 18.3 Å². The molecule has 1 fully saturated rings. The van der Waals surface area contributed by atoms with Crippen LogP contribution in [0.4, 0.5) is 5.82 Å². The minimum Gasteiger partial charge on any atom is -0.394 e. The number of nitrogens with zero attached hydrogens (tertiary/aromatic N) is 2. The van der Waals surface area contributed by atoms with E-state index in [4.69, 9.17) is 15.2 Å². The Labute approximate surface area is 168 Å². The third-order valence-corrected chi connectivity index (χ3v) is 4.94. The number of aliphatic hydroxyl groups is 3. The molecule has 0 radical (unpaired) electrons. The third kappa shape index (κ3) is 5.01. The molecule has 2 heterocycles. The lowest BCUT2D eigenvalue weighted by Gasteiger charge is -2.19. The smallest absolute Gasteiger partial charge is 0.351 e. The van der Waals surface area contributed by atoms with E-state index in [0.29, 0.717) is 12.2 Å². The van der Waals surface area contributed by atoms with Crippen molar-refractivity contribution in [1.29, 1.82) is 0 Å². The van der Waals surface area contributed by atoms with Crippen molar-refractivity contribution in [3.8, 4) is 0 Å². The van der Waals surface area contributed by atoms with Crippen molar-refractivity contribution in [2.24, 2.45) is 5.92 Å². The van der Waals surface area contributed by atoms with E-state index < -0.39 is 36.8 Å². The summed E-state index contributed by atoms with van der Waals surface area (Å²) < 4.78 is 12.2. The molecule has 9 heteroatoms. The maximum absolute atomic E-state index is 12.2. The molecule has 2 unspecified atom stereocenters. The summed E-state index contributed by atoms with van der Waals surface area (Å²) in [6.45, 7) is 2.21. The Balaban J connectivity index is 1.64. The lowest BCUT2D eigenvalue weighted by Crippen LogP contribution is -2.36. The summed E-state index contributed by atoms with van der Waals surface area (Å²) in [5.41, 5.74) is 6.82. The average Bonchev–Trinajstić information content (AvgIpc) is 2.98. The summed E-state index contributed by atoms with van der Waals surface area (Å²) in [5.74, 6) is 0.312. The van der Waals surface area contributed by atoms with Crippen LogP contribution in [0.15, 0.2) is 41.3 Å². The summed E-state index contributed by atoms with van der Waals surface area (Å²) in [6.07, 6.45) is -2.57. The van der Waals surface area contributed by atoms with Crippen molar-refractivity contribution in [2.75, 3.05) is 18.9 Å². The lowest BCUT2D eigenvalue weighted by atomic mass is 10.0. The van der Waals surface area contributed by atoms with Crippen LogP contribution in [0.5, 0.6) is 0 Å². The van der Waals surface area contributed by atoms with Crippen LogP contribution in [0.3, 0.4) is 0 Å². The SMILES string of the molecule is CC(COCc1cn(C2O[C@H](CO)[C@@H](O)[C@H]2O)c(=O)nc1N)Cc1ccccc1. The minimum absolute atomic E-state index is 0.0358. The van der Waals surface area contributed by atoms with Gasteiger partial charge < -0.3 is 30.5 Å². The molecule has 9 nitrogen and oxygen atoms in total. The predicted octanol–water partition coefficient (Wildman–Crippen LogP) is -0.168. The second kappa shape index (κ2) is 9.47. The molecule has 1 aromatic carbocycles. The molecule has 5 N–H and O–H groups in total. The molecule has 1 saturated heterocycles. The Bertz CT molecular complexity index is 859. The first-order chi connectivity index (χ1) is 13.9. The van der Waals surface area contributed by atoms with Crippen LogP contribution in [-0.4, -0.2) is 56.4 Å². The van der Waals surface area contributed by atoms with Gasteiger partial charge >= 0.3 is 5.69 Å². The number of nitrogen functional groups attached to an aromatic ring is 1. The largest absolute Gasteiger partial charge is 0.394 e. The van der Waals surface area contributed by atoms with Gasteiger partial charge in [-0.25, -0.2) is 4.79 Å². The van der Waals surface area contributed by atoms with Crippen LogP contribution < -0.4 is 11.4 Å². The van der Waals surface area contributed by atoms with Gasteiger partial charge in [0.1, 0.15) is 24.1 Å². The molecular weight excluding hydrogens is 378 g/mol. The average molecular weight is 405 g/mol. The first kappa shape index (κ1) is 21.4. The number of benzene rings is 1. The number of nitrogens with two attached hydrogens (primary N) is 1. The van der Waals surface area contributed by atoms with E-state index in [1.807, 2.05) is 18.2 Å². The summed E-state index contributed by atoms with van der Waals surface area (Å²) in [6, 6.07) is 10.1. The molecule has 29 heavy (non-hydrogen) atoms. The van der Waals surface area contributed by atoms with Crippen LogP contribution in [0.2, 0.25) is 0 Å². The number of anilines is 1. The van der Waals surface area contributed by atoms with E-state index in [9.17, 15) is 20.1 Å². The van der Waals surface area contributed by atoms with Gasteiger partial charge in [-0.1, -0.05) is 37.3 Å². The Kier molecular flexibility index (Phi) is 6.99. The fraction of sp³-hybridized carbons (Fsp3) is 0.500. The van der Waals surface area contributed by atoms with Crippen molar-refractivity contribution < 1.29 is 24.8 Å². The van der Waals surface area contributed by atoms with Crippen molar-refractivity contribution >= 4 is 5.82 Å². The standard InChI is InChI=1S/C20H27N3O6/c1-12(7-13-5-3-2-4-6-13)10-28-11-14-8-23(20(27)22-18(14)21)19-17(26)16(25)15(9-24)29-19/h2-6,8,12,15-17,19,24-26H,7,9-11H2,1H3,(H2,21,22,27)/t12?,15-,16-,17-,19?/m1/s1. The predicted molar refractivity (Wildman–Crippen MR) is 105 cm³/mol. The fourth-order valence-electron chi connectivity index (χ4n) is 3.37. The topological polar surface area (TPSA) is 140 Å². The zero-order valence-electron chi connectivity index (χ0n) is 16.2. The van der Waals surface area contributed by atoms with Crippen molar-refractivity contribution in [1.82, 2.24) is 9.55 Å². The number of aliphatic hydroxyl groups excluding tert-OH is 3. The molecule has 0 aliphatic carbocycles. The molecular formula is C20H27N3O6. The van der Waals surface area contributed by atoms with Crippen LogP contribution in [0, 0.1) is 5.92 Å². The summed E-state index contributed by atoms with van der Waals surface area (Å²) in [5, 5.41) is 29.3. The molecule has 158 valence electrons. The van der Waals surface area contributed by atoms with Gasteiger partial charge in [0.05, 0.1) is 13.2 Å². The number of rotatable bonds is 8. The highest BCUT2D eigenvalue weighted by atomic mass is 16.6. The van der Waals surface area contributed by atoms with Crippen molar-refractivity contribution in [3.05, 3.63) is 58.1 Å². The molecule has 5 atom stereocenters. The second-order valence-corrected chi connectivity index (χ2v) is 7.38. The highest BCUT2D eigenvalue weighted by Crippen LogP contribution is 2.28. The normalized spacial score (nSPS) is 25.2. The quantitative estimate of drug-likeness (QED) is 0.475. The number of hydrogen-bond donors (Lipinski definition) is 4. The molecule has 0 bridgehead atoms. The van der Waals surface area contributed by atoms with Gasteiger partial charge in [-0.15, -0.1) is 0 Å². The maximum atomic E-state index is 12.2. The summed E-state index contributed by atoms with van der Waals surface area (Å²) in [4.78, 5) is 16.0. The molecule has 0 saturated carbocycles. The van der Waals surface area contributed by atoms with Crippen LogP contribution in [0.25, 0.3) is 0 Å². The van der Waals surface area contributed by atoms with Crippen LogP contribution >= 0.6 is 0 Å². The van der Waals surface area contributed by atoms with E-state index in [1.165, 1.54) is 11.8 Å². The zero-order valence-corrected chi connectivity index (χ0v) is 16.2. The number of ether oxygens (including phenoxy) is 2. The fourth-order valence-corrected chi connectivity index (χ4v) is 3.37. The van der Waals surface area contributed by atoms with Gasteiger partial charge in [-0.2, -0.15) is 4.98 Å². The summed E-state index contributed by atoms with van der Waals surface area (Å²) >= 11 is 0. The van der Waals surface area contributed by atoms with Gasteiger partial charge in [-0.05, 0) is 17.9 Å². The monoisotopic (exact) mass is 405 g/mol. The zero-order chi connectivity index (χ0) is 21.0. The molecule has 1 aliphatic rings. The van der Waals surface area contributed by atoms with E-state index in [0.717, 1.165) is 11.0 Å². The van der Waals surface area contributed by atoms with Crippen LogP contribution in [-0.2, 0) is 22.5 Å². The van der Waals surface area contributed by atoms with Gasteiger partial charge in [0.2, 0.25) is 0 Å². The molecule has 1 aliphatic heterocycles. The maximum Gasteiger partial charge on any atom is 0.351 e. The van der Waals surface area contributed by atoms with E-state index >= 15 is 0 Å². The van der Waals surface area contributed by atoms with E-state index in [2.05, 4.69) is 24.0 Å². The third-order valence-electron chi connectivity index (χ3n) is 4.94. The number of aromatic nitrogens is 2. The van der Waals surface area contributed by atoms with Gasteiger partial charge in [0.25, 0.3) is 0 Å². The molecule has 0 spiro atoms. The summed E-state index contributed by atoms with van der Waals surface area (Å²) in [7, 11) is 0. The molecule has 1 aromatic heterocycles. The highest BCUT2D eigenvalue weighted by Gasteiger charge is 2.43. The van der Waals surface area contributed by atoms with Crippen molar-refractivity contribution in [2.45, 2.75) is 44.5 Å². The van der Waals surface area contributed by atoms with Gasteiger partial charge in [0.15, 0.2) is 6.23 Å². The first-order valence-corrected chi connectivity index (χ1v) is 9.52. The van der Waals surface area contributed by atoms with Crippen LogP contribution in [0.1, 0.15) is 24.3 Å².